The van der Waals surface area contributed by atoms with E-state index in [2.05, 4.69) is 23.0 Å². The van der Waals surface area contributed by atoms with Crippen molar-refractivity contribution in [1.82, 2.24) is 4.90 Å². The number of rotatable bonds is 7. The molecule has 0 unspecified atom stereocenters. The molecule has 0 amide bonds. The first kappa shape index (κ1) is 14.9. The van der Waals surface area contributed by atoms with Gasteiger partial charge in [0.1, 0.15) is 5.82 Å². The molecule has 3 nitrogen and oxygen atoms in total. The third-order valence-corrected chi connectivity index (χ3v) is 3.51. The van der Waals surface area contributed by atoms with Crippen molar-refractivity contribution in [2.24, 2.45) is 10.7 Å². The second-order valence-electron chi connectivity index (χ2n) is 5.17. The molecular weight excluding hydrogens is 253 g/mol. The summed E-state index contributed by atoms with van der Waals surface area (Å²) in [6, 6.07) is 6.71. The van der Waals surface area contributed by atoms with Crippen LogP contribution in [0.2, 0.25) is 0 Å². The summed E-state index contributed by atoms with van der Waals surface area (Å²) in [6.45, 7) is 3.25. The zero-order valence-corrected chi connectivity index (χ0v) is 12.0. The van der Waals surface area contributed by atoms with Gasteiger partial charge in [0.05, 0.1) is 6.54 Å². The van der Waals surface area contributed by atoms with E-state index in [0.29, 0.717) is 6.54 Å². The highest BCUT2D eigenvalue weighted by molar-refractivity contribution is 6.02. The minimum atomic E-state index is -0.184. The van der Waals surface area contributed by atoms with Crippen LogP contribution in [0.25, 0.3) is 0 Å². The lowest BCUT2D eigenvalue weighted by Gasteiger charge is -2.17. The number of nitrogens with zero attached hydrogens (tertiary/aromatic N) is 2. The molecule has 1 aliphatic heterocycles. The maximum atomic E-state index is 12.9. The van der Waals surface area contributed by atoms with Crippen LogP contribution in [-0.2, 0) is 6.42 Å². The number of hydrogen-bond donors (Lipinski definition) is 1. The van der Waals surface area contributed by atoms with E-state index < -0.39 is 0 Å². The molecule has 2 N–H and O–H groups in total. The van der Waals surface area contributed by atoms with Gasteiger partial charge in [-0.15, -0.1) is 0 Å². The Morgan fingerprint density at radius 3 is 2.70 bits per heavy atom. The van der Waals surface area contributed by atoms with E-state index in [4.69, 9.17) is 5.73 Å². The summed E-state index contributed by atoms with van der Waals surface area (Å²) in [4.78, 5) is 6.77. The van der Waals surface area contributed by atoms with E-state index in [1.807, 2.05) is 12.1 Å². The second kappa shape index (κ2) is 7.31. The van der Waals surface area contributed by atoms with Crippen LogP contribution >= 0.6 is 0 Å². The Balaban J connectivity index is 1.86. The smallest absolute Gasteiger partial charge is 0.123 e. The van der Waals surface area contributed by atoms with Gasteiger partial charge >= 0.3 is 0 Å². The van der Waals surface area contributed by atoms with Gasteiger partial charge in [0.25, 0.3) is 0 Å². The minimum absolute atomic E-state index is 0.184. The van der Waals surface area contributed by atoms with Crippen LogP contribution in [0, 0.1) is 5.82 Å². The predicted octanol–water partition coefficient (Wildman–Crippen LogP) is 2.03. The molecule has 0 atom stereocenters. The second-order valence-corrected chi connectivity index (χ2v) is 5.17. The molecule has 0 fully saturated rings. The van der Waals surface area contributed by atoms with Crippen molar-refractivity contribution in [3.63, 3.8) is 0 Å². The molecule has 0 aromatic heterocycles. The number of likely N-dealkylation sites (N-methyl/N-ethyl adjacent to an activating group) is 1. The van der Waals surface area contributed by atoms with Crippen molar-refractivity contribution >= 4 is 5.71 Å². The topological polar surface area (TPSA) is 41.6 Å². The average Bonchev–Trinajstić information content (AvgIpc) is 2.86. The third-order valence-electron chi connectivity index (χ3n) is 3.51. The zero-order valence-electron chi connectivity index (χ0n) is 12.0. The van der Waals surface area contributed by atoms with Gasteiger partial charge in [0.15, 0.2) is 0 Å². The summed E-state index contributed by atoms with van der Waals surface area (Å²) < 4.78 is 12.9. The number of halogens is 1. The van der Waals surface area contributed by atoms with E-state index in [0.717, 1.165) is 38.0 Å². The van der Waals surface area contributed by atoms with Gasteiger partial charge in [-0.1, -0.05) is 18.2 Å². The van der Waals surface area contributed by atoms with Gasteiger partial charge in [0.2, 0.25) is 0 Å². The van der Waals surface area contributed by atoms with Crippen LogP contribution in [0.5, 0.6) is 0 Å². The fraction of sp³-hybridized carbons (Fsp3) is 0.438. The van der Waals surface area contributed by atoms with Gasteiger partial charge in [0, 0.05) is 25.3 Å². The minimum Gasteiger partial charge on any atom is -0.329 e. The number of hydrogen-bond acceptors (Lipinski definition) is 3. The largest absolute Gasteiger partial charge is 0.329 e. The van der Waals surface area contributed by atoms with Crippen LogP contribution < -0.4 is 5.73 Å². The van der Waals surface area contributed by atoms with Crippen molar-refractivity contribution in [2.45, 2.75) is 12.8 Å². The SMILES string of the molecule is CN(CCN)CC1=CCN=C1CCc1ccc(F)cc1. The Bertz CT molecular complexity index is 491. The molecule has 0 spiro atoms. The molecule has 1 aromatic rings. The predicted molar refractivity (Wildman–Crippen MR) is 81.7 cm³/mol. The number of benzene rings is 1. The summed E-state index contributed by atoms with van der Waals surface area (Å²) in [5, 5.41) is 0. The molecule has 1 aliphatic rings. The van der Waals surface area contributed by atoms with Gasteiger partial charge in [-0.3, -0.25) is 4.99 Å². The van der Waals surface area contributed by atoms with Crippen molar-refractivity contribution in [3.8, 4) is 0 Å². The molecule has 0 bridgehead atoms. The molecule has 1 aromatic carbocycles. The number of aliphatic imine (C=N–C) groups is 1. The van der Waals surface area contributed by atoms with Crippen molar-refractivity contribution < 1.29 is 4.39 Å². The molecule has 2 rings (SSSR count). The first-order valence-corrected chi connectivity index (χ1v) is 7.05. The summed E-state index contributed by atoms with van der Waals surface area (Å²) in [5.41, 5.74) is 9.20. The first-order valence-electron chi connectivity index (χ1n) is 7.05. The van der Waals surface area contributed by atoms with Gasteiger partial charge < -0.3 is 10.6 Å². The summed E-state index contributed by atoms with van der Waals surface area (Å²) in [7, 11) is 2.07. The Labute approximate surface area is 120 Å². The maximum Gasteiger partial charge on any atom is 0.123 e. The molecule has 4 heteroatoms. The lowest BCUT2D eigenvalue weighted by molar-refractivity contribution is 0.376. The first-order chi connectivity index (χ1) is 9.69. The van der Waals surface area contributed by atoms with Crippen molar-refractivity contribution in [3.05, 3.63) is 47.3 Å². The molecule has 108 valence electrons. The Morgan fingerprint density at radius 2 is 2.00 bits per heavy atom. The molecule has 0 radical (unpaired) electrons. The molecular formula is C16H22FN3. The molecule has 0 saturated heterocycles. The summed E-state index contributed by atoms with van der Waals surface area (Å²) in [6.07, 6.45) is 4.00. The highest BCUT2D eigenvalue weighted by Crippen LogP contribution is 2.14. The van der Waals surface area contributed by atoms with E-state index in [-0.39, 0.29) is 5.82 Å². The summed E-state index contributed by atoms with van der Waals surface area (Å²) >= 11 is 0. The monoisotopic (exact) mass is 275 g/mol. The molecule has 0 aliphatic carbocycles. The number of aryl methyl sites for hydroxylation is 1. The van der Waals surface area contributed by atoms with Crippen LogP contribution in [-0.4, -0.2) is 43.8 Å². The highest BCUT2D eigenvalue weighted by atomic mass is 19.1. The summed E-state index contributed by atoms with van der Waals surface area (Å²) in [5.74, 6) is -0.184. The van der Waals surface area contributed by atoms with Gasteiger partial charge in [-0.05, 0) is 43.2 Å². The normalized spacial score (nSPS) is 14.6. The fourth-order valence-corrected chi connectivity index (χ4v) is 2.38. The van der Waals surface area contributed by atoms with Crippen LogP contribution in [0.15, 0.2) is 40.9 Å². The third kappa shape index (κ3) is 4.25. The van der Waals surface area contributed by atoms with Crippen molar-refractivity contribution in [2.75, 3.05) is 33.2 Å². The van der Waals surface area contributed by atoms with Crippen LogP contribution in [0.4, 0.5) is 4.39 Å². The van der Waals surface area contributed by atoms with Gasteiger partial charge in [-0.2, -0.15) is 0 Å². The fourth-order valence-electron chi connectivity index (χ4n) is 2.38. The van der Waals surface area contributed by atoms with Crippen LogP contribution in [0.3, 0.4) is 0 Å². The Morgan fingerprint density at radius 1 is 1.25 bits per heavy atom. The van der Waals surface area contributed by atoms with Crippen LogP contribution in [0.1, 0.15) is 12.0 Å². The van der Waals surface area contributed by atoms with E-state index in [1.54, 1.807) is 0 Å². The average molecular weight is 275 g/mol. The molecule has 20 heavy (non-hydrogen) atoms. The Hall–Kier alpha value is -1.52. The lowest BCUT2D eigenvalue weighted by Crippen LogP contribution is -2.28. The quantitative estimate of drug-likeness (QED) is 0.827. The maximum absolute atomic E-state index is 12.9. The van der Waals surface area contributed by atoms with Gasteiger partial charge in [-0.25, -0.2) is 4.39 Å². The van der Waals surface area contributed by atoms with E-state index >= 15 is 0 Å². The van der Waals surface area contributed by atoms with Crippen molar-refractivity contribution in [1.29, 1.82) is 0 Å². The van der Waals surface area contributed by atoms with E-state index in [1.165, 1.54) is 23.4 Å². The van der Waals surface area contributed by atoms with E-state index in [9.17, 15) is 4.39 Å². The highest BCUT2D eigenvalue weighted by Gasteiger charge is 2.13. The zero-order chi connectivity index (χ0) is 14.4. The standard InChI is InChI=1S/C16H22FN3/c1-20(11-9-18)12-14-8-10-19-16(14)7-4-13-2-5-15(17)6-3-13/h2-3,5-6,8H,4,7,9-12,18H2,1H3. The molecule has 1 heterocycles. The number of nitrogens with two attached hydrogens (primary N) is 1. The molecule has 0 saturated carbocycles. The lowest BCUT2D eigenvalue weighted by atomic mass is 10.0. The Kier molecular flexibility index (Phi) is 5.44.